The predicted octanol–water partition coefficient (Wildman–Crippen LogP) is 1.78. The molecule has 3 nitrogen and oxygen atoms in total. The van der Waals surface area contributed by atoms with Crippen molar-refractivity contribution in [1.29, 1.82) is 0 Å². The van der Waals surface area contributed by atoms with E-state index in [9.17, 15) is 4.79 Å². The zero-order chi connectivity index (χ0) is 11.7. The second kappa shape index (κ2) is 3.64. The van der Waals surface area contributed by atoms with Crippen molar-refractivity contribution in [2.75, 3.05) is 0 Å². The van der Waals surface area contributed by atoms with Crippen molar-refractivity contribution in [1.82, 2.24) is 0 Å². The van der Waals surface area contributed by atoms with E-state index < -0.39 is 5.91 Å². The smallest absolute Gasteiger partial charge is 0.246 e. The van der Waals surface area contributed by atoms with Crippen LogP contribution in [0.15, 0.2) is 11.3 Å². The van der Waals surface area contributed by atoms with Crippen molar-refractivity contribution in [3.8, 4) is 0 Å². The minimum absolute atomic E-state index is 0.225. The number of hydrogen-bond donors (Lipinski definition) is 2. The minimum Gasteiger partial charge on any atom is -0.401 e. The molecule has 0 unspecified atom stereocenters. The van der Waals surface area contributed by atoms with E-state index >= 15 is 0 Å². The molecule has 0 aliphatic heterocycles. The number of rotatable bonds is 1. The van der Waals surface area contributed by atoms with Crippen LogP contribution in [0.5, 0.6) is 0 Å². The van der Waals surface area contributed by atoms with E-state index in [0.717, 1.165) is 0 Å². The van der Waals surface area contributed by atoms with Crippen molar-refractivity contribution in [3.63, 3.8) is 0 Å². The fourth-order valence-corrected chi connectivity index (χ4v) is 1.28. The van der Waals surface area contributed by atoms with Gasteiger partial charge in [-0.25, -0.2) is 0 Å². The summed E-state index contributed by atoms with van der Waals surface area (Å²) in [6, 6.07) is 0. The molecule has 0 radical (unpaired) electrons. The molecule has 82 valence electrons. The Balaban J connectivity index is 5.53. The molecule has 0 spiro atoms. The highest BCUT2D eigenvalue weighted by molar-refractivity contribution is 5.94. The Morgan fingerprint density at radius 1 is 0.857 bits per heavy atom. The molecule has 0 heterocycles. The molecule has 0 rings (SSSR count). The van der Waals surface area contributed by atoms with Crippen LogP contribution in [-0.4, -0.2) is 5.91 Å². The largest absolute Gasteiger partial charge is 0.401 e. The van der Waals surface area contributed by atoms with Crippen LogP contribution < -0.4 is 11.5 Å². The Morgan fingerprint density at radius 3 is 1.29 bits per heavy atom. The topological polar surface area (TPSA) is 69.1 Å². The average molecular weight is 198 g/mol. The van der Waals surface area contributed by atoms with Crippen molar-refractivity contribution in [3.05, 3.63) is 11.3 Å². The summed E-state index contributed by atoms with van der Waals surface area (Å²) in [6.07, 6.45) is 0. The third-order valence-corrected chi connectivity index (χ3v) is 2.07. The average Bonchev–Trinajstić information content (AvgIpc) is 1.79. The Bertz CT molecular complexity index is 264. The summed E-state index contributed by atoms with van der Waals surface area (Å²) >= 11 is 0. The van der Waals surface area contributed by atoms with Crippen molar-refractivity contribution >= 4 is 5.91 Å². The maximum Gasteiger partial charge on any atom is 0.246 e. The number of primary amides is 1. The van der Waals surface area contributed by atoms with Gasteiger partial charge in [0.1, 0.15) is 0 Å². The Kier molecular flexibility index (Phi) is 3.38. The summed E-state index contributed by atoms with van der Waals surface area (Å²) in [5.74, 6) is -0.426. The molecule has 0 saturated heterocycles. The third-order valence-electron chi connectivity index (χ3n) is 2.07. The number of carbonyl (C=O) groups excluding carboxylic acids is 1. The van der Waals surface area contributed by atoms with Crippen LogP contribution in [0.1, 0.15) is 41.5 Å². The van der Waals surface area contributed by atoms with Crippen LogP contribution in [-0.2, 0) is 4.79 Å². The lowest BCUT2D eigenvalue weighted by Crippen LogP contribution is -2.32. The SMILES string of the molecule is CC(C)(C)/C(N)=C(/C(N)=O)C(C)(C)C. The molecule has 1 amide bonds. The van der Waals surface area contributed by atoms with E-state index in [0.29, 0.717) is 11.3 Å². The fourth-order valence-electron chi connectivity index (χ4n) is 1.28. The Labute approximate surface area is 86.5 Å². The lowest BCUT2D eigenvalue weighted by molar-refractivity contribution is -0.115. The maximum atomic E-state index is 11.3. The highest BCUT2D eigenvalue weighted by atomic mass is 16.1. The van der Waals surface area contributed by atoms with E-state index in [-0.39, 0.29) is 10.8 Å². The second-order valence-electron chi connectivity index (χ2n) is 5.65. The first-order valence-corrected chi connectivity index (χ1v) is 4.78. The molecule has 0 aromatic rings. The summed E-state index contributed by atoms with van der Waals surface area (Å²) in [5.41, 5.74) is 11.9. The van der Waals surface area contributed by atoms with Crippen LogP contribution in [0, 0.1) is 10.8 Å². The predicted molar refractivity (Wildman–Crippen MR) is 59.3 cm³/mol. The summed E-state index contributed by atoms with van der Waals surface area (Å²) in [7, 11) is 0. The summed E-state index contributed by atoms with van der Waals surface area (Å²) < 4.78 is 0. The van der Waals surface area contributed by atoms with Gasteiger partial charge in [0.05, 0.1) is 0 Å². The number of allylic oxidation sites excluding steroid dienone is 1. The zero-order valence-corrected chi connectivity index (χ0v) is 10.1. The van der Waals surface area contributed by atoms with Gasteiger partial charge in [0.15, 0.2) is 0 Å². The molecule has 0 atom stereocenters. The number of nitrogens with two attached hydrogens (primary N) is 2. The molecular formula is C11H22N2O. The first-order valence-electron chi connectivity index (χ1n) is 4.78. The summed E-state index contributed by atoms with van der Waals surface area (Å²) in [5, 5.41) is 0. The van der Waals surface area contributed by atoms with Gasteiger partial charge < -0.3 is 11.5 Å². The van der Waals surface area contributed by atoms with E-state index in [1.54, 1.807) is 0 Å². The van der Waals surface area contributed by atoms with Gasteiger partial charge >= 0.3 is 0 Å². The van der Waals surface area contributed by atoms with E-state index in [1.165, 1.54) is 0 Å². The quantitative estimate of drug-likeness (QED) is 0.630. The molecule has 0 aromatic heterocycles. The van der Waals surface area contributed by atoms with Gasteiger partial charge in [-0.05, 0) is 5.41 Å². The molecule has 0 aromatic carbocycles. The Hall–Kier alpha value is -0.990. The first-order chi connectivity index (χ1) is 5.98. The van der Waals surface area contributed by atoms with Gasteiger partial charge in [-0.3, -0.25) is 4.79 Å². The van der Waals surface area contributed by atoms with Crippen molar-refractivity contribution in [2.45, 2.75) is 41.5 Å². The Morgan fingerprint density at radius 2 is 1.21 bits per heavy atom. The van der Waals surface area contributed by atoms with E-state index in [4.69, 9.17) is 11.5 Å². The van der Waals surface area contributed by atoms with Gasteiger partial charge in [-0.2, -0.15) is 0 Å². The van der Waals surface area contributed by atoms with Gasteiger partial charge in [0.25, 0.3) is 0 Å². The second-order valence-corrected chi connectivity index (χ2v) is 5.65. The zero-order valence-electron chi connectivity index (χ0n) is 10.1. The molecule has 0 aliphatic carbocycles. The maximum absolute atomic E-state index is 11.3. The highest BCUT2D eigenvalue weighted by Crippen LogP contribution is 2.33. The molecule has 0 saturated carbocycles. The number of hydrogen-bond acceptors (Lipinski definition) is 2. The van der Waals surface area contributed by atoms with Crippen molar-refractivity contribution in [2.24, 2.45) is 22.3 Å². The minimum atomic E-state index is -0.426. The molecule has 0 bridgehead atoms. The fraction of sp³-hybridized carbons (Fsp3) is 0.727. The van der Waals surface area contributed by atoms with Crippen LogP contribution in [0.2, 0.25) is 0 Å². The lowest BCUT2D eigenvalue weighted by Gasteiger charge is -2.29. The van der Waals surface area contributed by atoms with Gasteiger partial charge in [-0.1, -0.05) is 41.5 Å². The molecule has 3 heteroatoms. The standard InChI is InChI=1S/C11H22N2O/c1-10(2,3)7(9(13)14)8(12)11(4,5)6/h12H2,1-6H3,(H2,13,14)/b8-7+. The van der Waals surface area contributed by atoms with Gasteiger partial charge in [0, 0.05) is 16.7 Å². The third kappa shape index (κ3) is 3.05. The lowest BCUT2D eigenvalue weighted by atomic mass is 9.78. The molecule has 0 fully saturated rings. The van der Waals surface area contributed by atoms with Crippen molar-refractivity contribution < 1.29 is 4.79 Å². The van der Waals surface area contributed by atoms with Gasteiger partial charge in [-0.15, -0.1) is 0 Å². The molecule has 0 aliphatic rings. The highest BCUT2D eigenvalue weighted by Gasteiger charge is 2.29. The monoisotopic (exact) mass is 198 g/mol. The van der Waals surface area contributed by atoms with Crippen LogP contribution in [0.3, 0.4) is 0 Å². The first kappa shape index (κ1) is 13.0. The molecular weight excluding hydrogens is 176 g/mol. The number of carbonyl (C=O) groups is 1. The molecule has 14 heavy (non-hydrogen) atoms. The van der Waals surface area contributed by atoms with Crippen LogP contribution in [0.4, 0.5) is 0 Å². The normalized spacial score (nSPS) is 15.0. The summed E-state index contributed by atoms with van der Waals surface area (Å²) in [6.45, 7) is 11.7. The van der Waals surface area contributed by atoms with Crippen LogP contribution >= 0.6 is 0 Å². The van der Waals surface area contributed by atoms with E-state index in [1.807, 2.05) is 41.5 Å². The van der Waals surface area contributed by atoms with Crippen LogP contribution in [0.25, 0.3) is 0 Å². The molecule has 4 N–H and O–H groups in total. The summed E-state index contributed by atoms with van der Waals surface area (Å²) in [4.78, 5) is 11.3. The van der Waals surface area contributed by atoms with E-state index in [2.05, 4.69) is 0 Å². The van der Waals surface area contributed by atoms with Gasteiger partial charge in [0.2, 0.25) is 5.91 Å². The number of amides is 1.